The molecule has 2 heteroatoms. The lowest BCUT2D eigenvalue weighted by Gasteiger charge is -2.23. The van der Waals surface area contributed by atoms with Crippen LogP contribution in [-0.4, -0.2) is 16.9 Å². The lowest BCUT2D eigenvalue weighted by molar-refractivity contribution is 0.297. The molecule has 0 heterocycles. The second-order valence-corrected chi connectivity index (χ2v) is 16.8. The Morgan fingerprint density at radius 2 is 1.50 bits per heavy atom. The summed E-state index contributed by atoms with van der Waals surface area (Å²) < 4.78 is 0. The second-order valence-electron chi connectivity index (χ2n) is 9.50. The highest BCUT2D eigenvalue weighted by atomic mass is 28.3. The molecule has 0 nitrogen and oxygen atoms in total. The molecule has 3 aliphatic carbocycles. The fourth-order valence-corrected chi connectivity index (χ4v) is 5.65. The van der Waals surface area contributed by atoms with Crippen LogP contribution in [0.25, 0.3) is 0 Å². The summed E-state index contributed by atoms with van der Waals surface area (Å²) in [6.07, 6.45) is 13.1. The predicted octanol–water partition coefficient (Wildman–Crippen LogP) is 5.35. The molecule has 0 bridgehead atoms. The van der Waals surface area contributed by atoms with Gasteiger partial charge in [0.05, 0.1) is 0 Å². The monoisotopic (exact) mass is 352 g/mol. The number of fused-ring (bicyclic) bond motifs is 1. The van der Waals surface area contributed by atoms with Gasteiger partial charge < -0.3 is 0 Å². The van der Waals surface area contributed by atoms with Gasteiger partial charge in [-0.25, -0.2) is 0 Å². The summed E-state index contributed by atoms with van der Waals surface area (Å²) >= 11 is 0. The van der Waals surface area contributed by atoms with Crippen molar-refractivity contribution in [2.75, 3.05) is 0 Å². The van der Waals surface area contributed by atoms with Gasteiger partial charge in [0.25, 0.3) is 0 Å². The van der Waals surface area contributed by atoms with E-state index in [-0.39, 0.29) is 0 Å². The van der Waals surface area contributed by atoms with Crippen molar-refractivity contribution in [3.63, 3.8) is 0 Å². The third-order valence-electron chi connectivity index (χ3n) is 5.78. The van der Waals surface area contributed by atoms with Crippen molar-refractivity contribution >= 4 is 16.9 Å². The fraction of sp³-hybridized carbons (Fsp3) is 0.636. The van der Waals surface area contributed by atoms with Crippen molar-refractivity contribution in [2.45, 2.75) is 71.3 Å². The molecule has 0 saturated heterocycles. The van der Waals surface area contributed by atoms with Gasteiger partial charge >= 0.3 is 0 Å². The van der Waals surface area contributed by atoms with Gasteiger partial charge in [-0.3, -0.25) is 0 Å². The van der Waals surface area contributed by atoms with Gasteiger partial charge in [0.15, 0.2) is 0 Å². The van der Waals surface area contributed by atoms with Crippen molar-refractivity contribution < 1.29 is 0 Å². The van der Waals surface area contributed by atoms with E-state index in [2.05, 4.69) is 67.8 Å². The molecule has 2 unspecified atom stereocenters. The van der Waals surface area contributed by atoms with E-state index in [0.29, 0.717) is 17.3 Å². The van der Waals surface area contributed by atoms with Gasteiger partial charge in [0, 0.05) is 11.1 Å². The topological polar surface area (TPSA) is 0 Å². The maximum Gasteiger partial charge on any atom is 0.129 e. The molecule has 128 valence electrons. The van der Waals surface area contributed by atoms with Gasteiger partial charge in [-0.05, 0) is 55.1 Å². The van der Waals surface area contributed by atoms with Crippen LogP contribution in [0.2, 0.25) is 32.7 Å². The first kappa shape index (κ1) is 17.8. The van der Waals surface area contributed by atoms with Crippen LogP contribution < -0.4 is 0 Å². The average molecular weight is 353 g/mol. The summed E-state index contributed by atoms with van der Waals surface area (Å²) in [7, 11) is -2.13. The smallest absolute Gasteiger partial charge is 0.129 e. The molecular formula is C22H32Si2. The van der Waals surface area contributed by atoms with Crippen LogP contribution in [-0.2, 0) is 0 Å². The van der Waals surface area contributed by atoms with Crippen molar-refractivity contribution in [3.05, 3.63) is 23.3 Å². The molecule has 0 aliphatic heterocycles. The summed E-state index contributed by atoms with van der Waals surface area (Å²) in [4.78, 5) is 0. The Balaban J connectivity index is 1.93. The molecule has 0 N–H and O–H groups in total. The van der Waals surface area contributed by atoms with Gasteiger partial charge in [0.1, 0.15) is 16.9 Å². The van der Waals surface area contributed by atoms with E-state index in [4.69, 9.17) is 0 Å². The summed E-state index contributed by atoms with van der Waals surface area (Å²) in [6, 6.07) is 0. The molecular weight excluding hydrogens is 320 g/mol. The van der Waals surface area contributed by atoms with Gasteiger partial charge in [-0.1, -0.05) is 57.4 Å². The Kier molecular flexibility index (Phi) is 5.01. The molecule has 24 heavy (non-hydrogen) atoms. The first-order chi connectivity index (χ1) is 11.3. The summed E-state index contributed by atoms with van der Waals surface area (Å²) in [6.45, 7) is 11.7. The third-order valence-corrected chi connectivity index (χ3v) is 7.38. The number of hydrogen-bond acceptors (Lipinski definition) is 0. The van der Waals surface area contributed by atoms with Crippen LogP contribution in [0.3, 0.4) is 0 Å². The van der Waals surface area contributed by atoms with Gasteiger partial charge in [-0.15, -0.1) is 11.1 Å². The maximum absolute atomic E-state index is 3.61. The minimum absolute atomic E-state index is 0.607. The van der Waals surface area contributed by atoms with Crippen molar-refractivity contribution in [3.8, 4) is 22.9 Å². The first-order valence-electron chi connectivity index (χ1n) is 9.75. The largest absolute Gasteiger partial charge is 0.131 e. The molecule has 1 spiro atoms. The highest BCUT2D eigenvalue weighted by Gasteiger charge is 2.48. The van der Waals surface area contributed by atoms with Gasteiger partial charge in [-0.2, -0.15) is 0 Å². The van der Waals surface area contributed by atoms with E-state index in [1.54, 1.807) is 0 Å². The van der Waals surface area contributed by atoms with Crippen LogP contribution in [0.5, 0.6) is 0 Å². The average Bonchev–Trinajstić information content (AvgIpc) is 3.09. The molecule has 3 rings (SSSR count). The van der Waals surface area contributed by atoms with E-state index in [1.807, 2.05) is 0 Å². The zero-order valence-electron chi connectivity index (χ0n) is 16.1. The third kappa shape index (κ3) is 3.98. The first-order valence-corrected chi connectivity index (χ1v) is 16.1. The number of rotatable bonds is 0. The van der Waals surface area contributed by atoms with Crippen molar-refractivity contribution in [2.24, 2.45) is 17.3 Å². The van der Waals surface area contributed by atoms with E-state index < -0.39 is 16.9 Å². The Morgan fingerprint density at radius 3 is 2.00 bits per heavy atom. The van der Waals surface area contributed by atoms with E-state index in [0.717, 1.165) is 0 Å². The SMILES string of the molecule is C[SiH](C)C#CC1=CC=C(C#C[Si](C)(C)C)C2CC3(CCCC3)CC12. The van der Waals surface area contributed by atoms with Crippen LogP contribution in [0, 0.1) is 40.2 Å². The summed E-state index contributed by atoms with van der Waals surface area (Å²) in [5.74, 6) is 8.49. The minimum atomic E-state index is -1.32. The van der Waals surface area contributed by atoms with Crippen LogP contribution in [0.15, 0.2) is 23.3 Å². The number of hydrogen-bond donors (Lipinski definition) is 0. The summed E-state index contributed by atoms with van der Waals surface area (Å²) in [5.41, 5.74) is 10.6. The Morgan fingerprint density at radius 1 is 0.958 bits per heavy atom. The predicted molar refractivity (Wildman–Crippen MR) is 111 cm³/mol. The second kappa shape index (κ2) is 6.74. The van der Waals surface area contributed by atoms with Crippen molar-refractivity contribution in [1.29, 1.82) is 0 Å². The van der Waals surface area contributed by atoms with Crippen LogP contribution >= 0.6 is 0 Å². The van der Waals surface area contributed by atoms with Crippen LogP contribution in [0.4, 0.5) is 0 Å². The molecule has 2 atom stereocenters. The maximum atomic E-state index is 3.61. The lowest BCUT2D eigenvalue weighted by Crippen LogP contribution is -2.19. The standard InChI is InChI=1S/C22H32Si2/c1-23(2)14-10-18-8-9-19(11-15-24(3,4)5)21-17-22(16-20(18)21)12-6-7-13-22/h8-9,20-21,23H,6-7,12-13,16-17H2,1-5H3. The van der Waals surface area contributed by atoms with E-state index in [9.17, 15) is 0 Å². The fourth-order valence-electron chi connectivity index (χ4n) is 4.67. The molecule has 2 fully saturated rings. The van der Waals surface area contributed by atoms with Gasteiger partial charge in [0.2, 0.25) is 0 Å². The molecule has 0 aromatic heterocycles. The quantitative estimate of drug-likeness (QED) is 0.407. The molecule has 0 aromatic carbocycles. The van der Waals surface area contributed by atoms with E-state index >= 15 is 0 Å². The Hall–Kier alpha value is -0.966. The molecule has 2 saturated carbocycles. The molecule has 0 amide bonds. The number of allylic oxidation sites excluding steroid dienone is 4. The van der Waals surface area contributed by atoms with Crippen molar-refractivity contribution in [1.82, 2.24) is 0 Å². The molecule has 0 aromatic rings. The molecule has 3 aliphatic rings. The molecule has 0 radical (unpaired) electrons. The lowest BCUT2D eigenvalue weighted by atomic mass is 9.80. The normalized spacial score (nSPS) is 27.8. The minimum Gasteiger partial charge on any atom is -0.131 e. The van der Waals surface area contributed by atoms with Crippen LogP contribution in [0.1, 0.15) is 38.5 Å². The Labute approximate surface area is 151 Å². The highest BCUT2D eigenvalue weighted by molar-refractivity contribution is 6.83. The zero-order valence-corrected chi connectivity index (χ0v) is 18.3. The Bertz CT molecular complexity index is 673. The zero-order chi connectivity index (χ0) is 17.4. The summed E-state index contributed by atoms with van der Waals surface area (Å²) in [5, 5.41) is 0. The van der Waals surface area contributed by atoms with E-state index in [1.165, 1.54) is 49.7 Å². The highest BCUT2D eigenvalue weighted by Crippen LogP contribution is 2.59.